The predicted octanol–water partition coefficient (Wildman–Crippen LogP) is 4.81. The molecule has 2 rings (SSSR count). The summed E-state index contributed by atoms with van der Waals surface area (Å²) in [4.78, 5) is 12.1. The van der Waals surface area contributed by atoms with Crippen LogP contribution in [0.5, 0.6) is 0 Å². The number of benzene rings is 1. The Labute approximate surface area is 130 Å². The molecular formula is C15H14BrClFNO. The maximum absolute atomic E-state index is 14.0. The Bertz CT molecular complexity index is 679. The van der Waals surface area contributed by atoms with Gasteiger partial charge in [0.1, 0.15) is 5.82 Å². The van der Waals surface area contributed by atoms with Gasteiger partial charge in [0.2, 0.25) is 0 Å². The van der Waals surface area contributed by atoms with Crippen molar-refractivity contribution in [2.24, 2.45) is 0 Å². The maximum atomic E-state index is 14.0. The SMILES string of the molecule is Cc1cc(C(=O)C(C)Cl)c(C)n1-c1cc(Br)ccc1F. The van der Waals surface area contributed by atoms with Gasteiger partial charge in [0.25, 0.3) is 0 Å². The number of aromatic nitrogens is 1. The first-order valence-corrected chi connectivity index (χ1v) is 7.38. The number of Topliss-reactive ketones (excluding diaryl/α,β-unsaturated/α-hetero) is 1. The summed E-state index contributed by atoms with van der Waals surface area (Å²) in [6, 6.07) is 6.47. The van der Waals surface area contributed by atoms with Gasteiger partial charge in [0.15, 0.2) is 5.78 Å². The topological polar surface area (TPSA) is 22.0 Å². The van der Waals surface area contributed by atoms with E-state index in [1.165, 1.54) is 6.07 Å². The quantitative estimate of drug-likeness (QED) is 0.570. The standard InChI is InChI=1S/C15H14BrClFNO/c1-8-6-12(15(20)9(2)17)10(3)19(8)14-7-11(16)4-5-13(14)18/h4-7,9H,1-3H3. The van der Waals surface area contributed by atoms with Gasteiger partial charge in [-0.15, -0.1) is 11.6 Å². The van der Waals surface area contributed by atoms with Gasteiger partial charge in [-0.1, -0.05) is 15.9 Å². The zero-order chi connectivity index (χ0) is 15.0. The number of nitrogens with zero attached hydrogens (tertiary/aromatic N) is 1. The van der Waals surface area contributed by atoms with Gasteiger partial charge in [-0.25, -0.2) is 4.39 Å². The highest BCUT2D eigenvalue weighted by atomic mass is 79.9. The summed E-state index contributed by atoms with van der Waals surface area (Å²) in [7, 11) is 0. The lowest BCUT2D eigenvalue weighted by molar-refractivity contribution is 0.0991. The minimum atomic E-state index is -0.601. The van der Waals surface area contributed by atoms with Crippen LogP contribution in [0.1, 0.15) is 28.7 Å². The lowest BCUT2D eigenvalue weighted by Gasteiger charge is -2.11. The lowest BCUT2D eigenvalue weighted by Crippen LogP contribution is -2.12. The number of carbonyl (C=O) groups excluding carboxylic acids is 1. The number of carbonyl (C=O) groups is 1. The van der Waals surface area contributed by atoms with Crippen LogP contribution in [0.2, 0.25) is 0 Å². The predicted molar refractivity (Wildman–Crippen MR) is 82.5 cm³/mol. The highest BCUT2D eigenvalue weighted by Gasteiger charge is 2.21. The number of halogens is 3. The molecule has 0 radical (unpaired) electrons. The number of alkyl halides is 1. The van der Waals surface area contributed by atoms with Crippen LogP contribution in [-0.4, -0.2) is 15.7 Å². The summed E-state index contributed by atoms with van der Waals surface area (Å²) in [5.41, 5.74) is 2.43. The second-order valence-corrected chi connectivity index (χ2v) is 6.27. The number of hydrogen-bond donors (Lipinski definition) is 0. The second-order valence-electron chi connectivity index (χ2n) is 4.70. The minimum absolute atomic E-state index is 0.151. The molecule has 0 amide bonds. The molecule has 0 bridgehead atoms. The van der Waals surface area contributed by atoms with Crippen molar-refractivity contribution in [3.05, 3.63) is 51.5 Å². The first-order valence-electron chi connectivity index (χ1n) is 6.15. The van der Waals surface area contributed by atoms with Gasteiger partial charge in [-0.2, -0.15) is 0 Å². The van der Waals surface area contributed by atoms with Crippen LogP contribution >= 0.6 is 27.5 Å². The molecule has 1 aromatic carbocycles. The Balaban J connectivity index is 2.64. The van der Waals surface area contributed by atoms with Crippen molar-refractivity contribution in [1.82, 2.24) is 4.57 Å². The average Bonchev–Trinajstić information content (AvgIpc) is 2.67. The molecule has 0 saturated heterocycles. The van der Waals surface area contributed by atoms with Gasteiger partial charge in [0.05, 0.1) is 11.1 Å². The van der Waals surface area contributed by atoms with Gasteiger partial charge < -0.3 is 4.57 Å². The summed E-state index contributed by atoms with van der Waals surface area (Å²) in [6.45, 7) is 5.26. The Morgan fingerprint density at radius 2 is 2.00 bits per heavy atom. The molecule has 0 aliphatic carbocycles. The third-order valence-corrected chi connectivity index (χ3v) is 3.90. The van der Waals surface area contributed by atoms with Crippen LogP contribution in [0.15, 0.2) is 28.7 Å². The van der Waals surface area contributed by atoms with Gasteiger partial charge in [-0.3, -0.25) is 4.79 Å². The Morgan fingerprint density at radius 1 is 1.35 bits per heavy atom. The summed E-state index contributed by atoms with van der Waals surface area (Å²) in [6.07, 6.45) is 0. The molecule has 1 unspecified atom stereocenters. The summed E-state index contributed by atoms with van der Waals surface area (Å²) in [5.74, 6) is -0.491. The van der Waals surface area contributed by atoms with Crippen molar-refractivity contribution in [3.63, 3.8) is 0 Å². The van der Waals surface area contributed by atoms with Crippen molar-refractivity contribution in [3.8, 4) is 5.69 Å². The fourth-order valence-corrected chi connectivity index (χ4v) is 2.72. The van der Waals surface area contributed by atoms with E-state index >= 15 is 0 Å². The molecule has 1 aromatic heterocycles. The van der Waals surface area contributed by atoms with Gasteiger partial charge in [0, 0.05) is 21.4 Å². The van der Waals surface area contributed by atoms with E-state index in [4.69, 9.17) is 11.6 Å². The van der Waals surface area contributed by atoms with Crippen LogP contribution in [0.25, 0.3) is 5.69 Å². The van der Waals surface area contributed by atoms with Gasteiger partial charge >= 0.3 is 0 Å². The summed E-state index contributed by atoms with van der Waals surface area (Å²) >= 11 is 9.19. The molecule has 106 valence electrons. The van der Waals surface area contributed by atoms with Crippen LogP contribution < -0.4 is 0 Å². The smallest absolute Gasteiger partial charge is 0.182 e. The molecule has 5 heteroatoms. The summed E-state index contributed by atoms with van der Waals surface area (Å²) in [5, 5.41) is -0.601. The van der Waals surface area contributed by atoms with E-state index in [1.54, 1.807) is 36.6 Å². The van der Waals surface area contributed by atoms with E-state index in [0.29, 0.717) is 16.9 Å². The van der Waals surface area contributed by atoms with Gasteiger partial charge in [-0.05, 0) is 45.0 Å². The van der Waals surface area contributed by atoms with Crippen molar-refractivity contribution >= 4 is 33.3 Å². The van der Waals surface area contributed by atoms with Crippen molar-refractivity contribution in [1.29, 1.82) is 0 Å². The summed E-state index contributed by atoms with van der Waals surface area (Å²) < 4.78 is 16.5. The highest BCUT2D eigenvalue weighted by Crippen LogP contribution is 2.26. The third kappa shape index (κ3) is 2.67. The molecule has 0 spiro atoms. The monoisotopic (exact) mass is 357 g/mol. The first kappa shape index (κ1) is 15.3. The van der Waals surface area contributed by atoms with Crippen LogP contribution in [-0.2, 0) is 0 Å². The largest absolute Gasteiger partial charge is 0.315 e. The van der Waals surface area contributed by atoms with E-state index in [9.17, 15) is 9.18 Å². The Kier molecular flexibility index (Phi) is 4.35. The number of ketones is 1. The molecule has 0 saturated carbocycles. The van der Waals surface area contributed by atoms with Crippen LogP contribution in [0.3, 0.4) is 0 Å². The highest BCUT2D eigenvalue weighted by molar-refractivity contribution is 9.10. The number of hydrogen-bond acceptors (Lipinski definition) is 1. The molecule has 1 atom stereocenters. The first-order chi connectivity index (χ1) is 9.32. The normalized spacial score (nSPS) is 12.5. The van der Waals surface area contributed by atoms with Crippen molar-refractivity contribution in [2.45, 2.75) is 26.1 Å². The molecule has 0 aliphatic heterocycles. The Hall–Kier alpha value is -1.13. The van der Waals surface area contributed by atoms with E-state index in [1.807, 2.05) is 6.92 Å². The van der Waals surface area contributed by atoms with Crippen LogP contribution in [0.4, 0.5) is 4.39 Å². The number of rotatable bonds is 3. The molecule has 0 fully saturated rings. The minimum Gasteiger partial charge on any atom is -0.315 e. The third-order valence-electron chi connectivity index (χ3n) is 3.21. The fourth-order valence-electron chi connectivity index (χ4n) is 2.25. The molecule has 0 aliphatic rings. The Morgan fingerprint density at radius 3 is 2.60 bits per heavy atom. The zero-order valence-corrected chi connectivity index (χ0v) is 13.7. The van der Waals surface area contributed by atoms with Crippen molar-refractivity contribution in [2.75, 3.05) is 0 Å². The molecular weight excluding hydrogens is 345 g/mol. The van der Waals surface area contributed by atoms with Crippen LogP contribution in [0, 0.1) is 19.7 Å². The van der Waals surface area contributed by atoms with Crippen molar-refractivity contribution < 1.29 is 9.18 Å². The second kappa shape index (κ2) is 5.70. The molecule has 1 heterocycles. The van der Waals surface area contributed by atoms with E-state index < -0.39 is 5.38 Å². The fraction of sp³-hybridized carbons (Fsp3) is 0.267. The van der Waals surface area contributed by atoms with E-state index in [2.05, 4.69) is 15.9 Å². The maximum Gasteiger partial charge on any atom is 0.182 e. The molecule has 20 heavy (non-hydrogen) atoms. The average molecular weight is 359 g/mol. The molecule has 0 N–H and O–H groups in total. The van der Waals surface area contributed by atoms with E-state index in [-0.39, 0.29) is 11.6 Å². The molecule has 2 aromatic rings. The zero-order valence-electron chi connectivity index (χ0n) is 11.4. The lowest BCUT2D eigenvalue weighted by atomic mass is 10.1. The molecule has 2 nitrogen and oxygen atoms in total. The van der Waals surface area contributed by atoms with E-state index in [0.717, 1.165) is 10.2 Å². The number of aryl methyl sites for hydroxylation is 1.